The van der Waals surface area contributed by atoms with Crippen LogP contribution in [0, 0.1) is 0 Å². The molecular weight excluding hydrogens is 226 g/mol. The highest BCUT2D eigenvalue weighted by Gasteiger charge is 2.33. The molecule has 0 unspecified atom stereocenters. The van der Waals surface area contributed by atoms with Crippen LogP contribution in [0.2, 0.25) is 0 Å². The van der Waals surface area contributed by atoms with Crippen molar-refractivity contribution in [3.8, 4) is 0 Å². The minimum Gasteiger partial charge on any atom is -0.388 e. The highest BCUT2D eigenvalue weighted by atomic mass is 16.5. The topological polar surface area (TPSA) is 32.7 Å². The minimum absolute atomic E-state index is 0.567. The third kappa shape index (κ3) is 2.38. The van der Waals surface area contributed by atoms with Crippen molar-refractivity contribution in [3.05, 3.63) is 29.8 Å². The van der Waals surface area contributed by atoms with E-state index in [9.17, 15) is 5.11 Å². The van der Waals surface area contributed by atoms with E-state index in [1.54, 1.807) is 0 Å². The summed E-state index contributed by atoms with van der Waals surface area (Å²) >= 11 is 0. The summed E-state index contributed by atoms with van der Waals surface area (Å²) in [4.78, 5) is 2.35. The Morgan fingerprint density at radius 3 is 2.83 bits per heavy atom. The van der Waals surface area contributed by atoms with Gasteiger partial charge in [-0.3, -0.25) is 0 Å². The molecule has 0 bridgehead atoms. The molecule has 3 heteroatoms. The molecule has 0 aliphatic carbocycles. The Labute approximate surface area is 108 Å². The Bertz CT molecular complexity index is 413. The number of fused-ring (bicyclic) bond motifs is 1. The molecule has 98 valence electrons. The fourth-order valence-corrected chi connectivity index (χ4v) is 3.04. The Kier molecular flexibility index (Phi) is 3.27. The van der Waals surface area contributed by atoms with Gasteiger partial charge in [0, 0.05) is 44.8 Å². The molecule has 0 amide bonds. The number of hydrogen-bond donors (Lipinski definition) is 1. The first-order valence-corrected chi connectivity index (χ1v) is 6.90. The summed E-state index contributed by atoms with van der Waals surface area (Å²) in [7, 11) is 0. The van der Waals surface area contributed by atoms with E-state index in [-0.39, 0.29) is 0 Å². The summed E-state index contributed by atoms with van der Waals surface area (Å²) in [5.41, 5.74) is 2.16. The molecule has 18 heavy (non-hydrogen) atoms. The van der Waals surface area contributed by atoms with Gasteiger partial charge in [-0.15, -0.1) is 0 Å². The number of para-hydroxylation sites is 1. The Morgan fingerprint density at radius 2 is 2.00 bits per heavy atom. The average Bonchev–Trinajstić information content (AvgIpc) is 2.40. The van der Waals surface area contributed by atoms with Gasteiger partial charge in [-0.25, -0.2) is 0 Å². The van der Waals surface area contributed by atoms with Crippen LogP contribution in [-0.2, 0) is 11.2 Å². The van der Waals surface area contributed by atoms with Crippen LogP contribution in [-0.4, -0.2) is 37.0 Å². The van der Waals surface area contributed by atoms with Crippen LogP contribution in [0.3, 0.4) is 0 Å². The van der Waals surface area contributed by atoms with Gasteiger partial charge < -0.3 is 14.7 Å². The SMILES string of the molecule is OC1(CN2CCCc3ccccc32)CCOCC1. The monoisotopic (exact) mass is 247 g/mol. The van der Waals surface area contributed by atoms with Gasteiger partial charge in [0.2, 0.25) is 0 Å². The first-order valence-electron chi connectivity index (χ1n) is 6.90. The maximum Gasteiger partial charge on any atom is 0.0865 e. The third-order valence-electron chi connectivity index (χ3n) is 4.12. The molecule has 3 rings (SSSR count). The number of aliphatic hydroxyl groups is 1. The molecule has 3 nitrogen and oxygen atoms in total. The van der Waals surface area contributed by atoms with E-state index in [2.05, 4.69) is 29.2 Å². The standard InChI is InChI=1S/C15H21NO2/c17-15(7-10-18-11-8-15)12-16-9-3-5-13-4-1-2-6-14(13)16/h1-2,4,6,17H,3,5,7-12H2. The van der Waals surface area contributed by atoms with Crippen LogP contribution >= 0.6 is 0 Å². The molecule has 1 N–H and O–H groups in total. The van der Waals surface area contributed by atoms with E-state index in [1.807, 2.05) is 0 Å². The quantitative estimate of drug-likeness (QED) is 0.867. The Hall–Kier alpha value is -1.06. The highest BCUT2D eigenvalue weighted by molar-refractivity contribution is 5.55. The minimum atomic E-state index is -0.567. The number of anilines is 1. The number of hydrogen-bond acceptors (Lipinski definition) is 3. The summed E-state index contributed by atoms with van der Waals surface area (Å²) in [6, 6.07) is 8.57. The van der Waals surface area contributed by atoms with Crippen molar-refractivity contribution in [2.75, 3.05) is 31.2 Å². The molecule has 2 aliphatic heterocycles. The number of rotatable bonds is 2. The lowest BCUT2D eigenvalue weighted by Gasteiger charge is -2.40. The van der Waals surface area contributed by atoms with E-state index in [0.717, 1.165) is 32.4 Å². The second-order valence-electron chi connectivity index (χ2n) is 5.49. The van der Waals surface area contributed by atoms with Gasteiger partial charge in [-0.1, -0.05) is 18.2 Å². The maximum absolute atomic E-state index is 10.6. The van der Waals surface area contributed by atoms with Crippen LogP contribution in [0.1, 0.15) is 24.8 Å². The predicted octanol–water partition coefficient (Wildman–Crippen LogP) is 1.98. The van der Waals surface area contributed by atoms with Gasteiger partial charge in [-0.2, -0.15) is 0 Å². The van der Waals surface area contributed by atoms with E-state index < -0.39 is 5.60 Å². The summed E-state index contributed by atoms with van der Waals surface area (Å²) in [5.74, 6) is 0. The molecule has 0 saturated carbocycles. The lowest BCUT2D eigenvalue weighted by atomic mass is 9.92. The van der Waals surface area contributed by atoms with Crippen molar-refractivity contribution in [2.45, 2.75) is 31.3 Å². The van der Waals surface area contributed by atoms with Crippen LogP contribution in [0.5, 0.6) is 0 Å². The number of ether oxygens (including phenoxy) is 1. The number of nitrogens with zero attached hydrogens (tertiary/aromatic N) is 1. The van der Waals surface area contributed by atoms with Crippen molar-refractivity contribution in [1.29, 1.82) is 0 Å². The molecule has 2 heterocycles. The number of β-amino-alcohol motifs (C(OH)–C–C–N with tert-alkyl or cyclic N) is 1. The first-order chi connectivity index (χ1) is 8.77. The van der Waals surface area contributed by atoms with Gasteiger partial charge in [0.05, 0.1) is 5.60 Å². The van der Waals surface area contributed by atoms with Crippen molar-refractivity contribution >= 4 is 5.69 Å². The van der Waals surface area contributed by atoms with Gasteiger partial charge in [0.1, 0.15) is 0 Å². The second kappa shape index (κ2) is 4.90. The summed E-state index contributed by atoms with van der Waals surface area (Å²) in [6.07, 6.45) is 3.86. The lowest BCUT2D eigenvalue weighted by molar-refractivity contribution is -0.0579. The smallest absolute Gasteiger partial charge is 0.0865 e. The number of aryl methyl sites for hydroxylation is 1. The second-order valence-corrected chi connectivity index (χ2v) is 5.49. The molecule has 0 spiro atoms. The molecule has 0 atom stereocenters. The van der Waals surface area contributed by atoms with Crippen LogP contribution in [0.25, 0.3) is 0 Å². The van der Waals surface area contributed by atoms with Crippen molar-refractivity contribution < 1.29 is 9.84 Å². The summed E-state index contributed by atoms with van der Waals surface area (Å²) in [6.45, 7) is 3.17. The van der Waals surface area contributed by atoms with Crippen molar-refractivity contribution in [3.63, 3.8) is 0 Å². The molecule has 1 saturated heterocycles. The van der Waals surface area contributed by atoms with Gasteiger partial charge in [0.15, 0.2) is 0 Å². The zero-order chi connectivity index (χ0) is 12.4. The predicted molar refractivity (Wildman–Crippen MR) is 72.0 cm³/mol. The third-order valence-corrected chi connectivity index (χ3v) is 4.12. The van der Waals surface area contributed by atoms with Crippen molar-refractivity contribution in [1.82, 2.24) is 0 Å². The van der Waals surface area contributed by atoms with Gasteiger partial charge in [0.25, 0.3) is 0 Å². The fraction of sp³-hybridized carbons (Fsp3) is 0.600. The van der Waals surface area contributed by atoms with Gasteiger partial charge in [-0.05, 0) is 24.5 Å². The largest absolute Gasteiger partial charge is 0.388 e. The molecule has 0 aromatic heterocycles. The van der Waals surface area contributed by atoms with E-state index in [0.29, 0.717) is 13.2 Å². The zero-order valence-electron chi connectivity index (χ0n) is 10.8. The average molecular weight is 247 g/mol. The van der Waals surface area contributed by atoms with Gasteiger partial charge >= 0.3 is 0 Å². The fourth-order valence-electron chi connectivity index (χ4n) is 3.04. The normalized spacial score (nSPS) is 22.6. The van der Waals surface area contributed by atoms with Crippen molar-refractivity contribution in [2.24, 2.45) is 0 Å². The van der Waals surface area contributed by atoms with Crippen LogP contribution < -0.4 is 4.90 Å². The molecule has 2 aliphatic rings. The molecule has 1 aromatic rings. The highest BCUT2D eigenvalue weighted by Crippen LogP contribution is 2.30. The molecular formula is C15H21NO2. The van der Waals surface area contributed by atoms with Crippen LogP contribution in [0.4, 0.5) is 5.69 Å². The van der Waals surface area contributed by atoms with Crippen LogP contribution in [0.15, 0.2) is 24.3 Å². The lowest BCUT2D eigenvalue weighted by Crippen LogP contribution is -2.48. The Balaban J connectivity index is 1.77. The zero-order valence-corrected chi connectivity index (χ0v) is 10.8. The Morgan fingerprint density at radius 1 is 1.22 bits per heavy atom. The summed E-state index contributed by atoms with van der Waals surface area (Å²) in [5, 5.41) is 10.6. The molecule has 0 radical (unpaired) electrons. The molecule has 1 aromatic carbocycles. The van der Waals surface area contributed by atoms with E-state index >= 15 is 0 Å². The molecule has 1 fully saturated rings. The summed E-state index contributed by atoms with van der Waals surface area (Å²) < 4.78 is 5.35. The van der Waals surface area contributed by atoms with E-state index in [1.165, 1.54) is 17.7 Å². The number of benzene rings is 1. The first kappa shape index (κ1) is 12.0. The maximum atomic E-state index is 10.6. The van der Waals surface area contributed by atoms with E-state index in [4.69, 9.17) is 4.74 Å².